The van der Waals surface area contributed by atoms with Gasteiger partial charge in [0.15, 0.2) is 0 Å². The van der Waals surface area contributed by atoms with Crippen LogP contribution in [0.15, 0.2) is 0 Å². The zero-order valence-electron chi connectivity index (χ0n) is 9.92. The molecule has 0 bridgehead atoms. The molecule has 0 aliphatic carbocycles. The smallest absolute Gasteiger partial charge is 0.0787 e. The predicted octanol–water partition coefficient (Wildman–Crippen LogP) is 1.30. The molecule has 1 aliphatic heterocycles. The molecule has 0 amide bonds. The summed E-state index contributed by atoms with van der Waals surface area (Å²) in [7, 11) is 0. The monoisotopic (exact) mass is 201 g/mol. The summed E-state index contributed by atoms with van der Waals surface area (Å²) in [6.45, 7) is 10.8. The molecule has 0 radical (unpaired) electrons. The van der Waals surface area contributed by atoms with E-state index >= 15 is 0 Å². The predicted molar refractivity (Wildman–Crippen MR) is 57.3 cm³/mol. The number of rotatable bonds is 3. The van der Waals surface area contributed by atoms with Gasteiger partial charge in [-0.05, 0) is 41.0 Å². The van der Waals surface area contributed by atoms with Crippen molar-refractivity contribution in [2.24, 2.45) is 0 Å². The molecular formula is C11H23NO2. The van der Waals surface area contributed by atoms with Crippen LogP contribution in [-0.4, -0.2) is 35.0 Å². The highest BCUT2D eigenvalue weighted by molar-refractivity contribution is 4.98. The Morgan fingerprint density at radius 1 is 1.43 bits per heavy atom. The molecule has 3 nitrogen and oxygen atoms in total. The lowest BCUT2D eigenvalue weighted by atomic mass is 9.94. The molecule has 1 aliphatic rings. The van der Waals surface area contributed by atoms with Crippen LogP contribution in [0.4, 0.5) is 0 Å². The Kier molecular flexibility index (Phi) is 3.24. The van der Waals surface area contributed by atoms with Gasteiger partial charge in [0.25, 0.3) is 0 Å². The molecule has 14 heavy (non-hydrogen) atoms. The highest BCUT2D eigenvalue weighted by atomic mass is 16.5. The Bertz CT molecular complexity index is 199. The summed E-state index contributed by atoms with van der Waals surface area (Å²) in [5.74, 6) is 0. The van der Waals surface area contributed by atoms with Gasteiger partial charge in [0.2, 0.25) is 0 Å². The fourth-order valence-corrected chi connectivity index (χ4v) is 2.19. The van der Waals surface area contributed by atoms with Crippen LogP contribution in [0.2, 0.25) is 0 Å². The third kappa shape index (κ3) is 2.94. The Balaban J connectivity index is 2.53. The van der Waals surface area contributed by atoms with E-state index in [4.69, 9.17) is 4.74 Å². The van der Waals surface area contributed by atoms with Gasteiger partial charge in [-0.1, -0.05) is 0 Å². The average Bonchev–Trinajstić information content (AvgIpc) is 2.14. The van der Waals surface area contributed by atoms with E-state index in [-0.39, 0.29) is 17.3 Å². The van der Waals surface area contributed by atoms with Crippen LogP contribution in [0, 0.1) is 0 Å². The van der Waals surface area contributed by atoms with E-state index in [1.165, 1.54) is 0 Å². The summed E-state index contributed by atoms with van der Waals surface area (Å²) in [5.41, 5.74) is -0.196. The summed E-state index contributed by atoms with van der Waals surface area (Å²) in [6.07, 6.45) is 0.696. The fraction of sp³-hybridized carbons (Fsp3) is 1.00. The number of hydrogen-bond acceptors (Lipinski definition) is 3. The zero-order chi connectivity index (χ0) is 11.0. The first kappa shape index (κ1) is 12.0. The molecule has 1 saturated heterocycles. The summed E-state index contributed by atoms with van der Waals surface area (Å²) in [5, 5.41) is 12.6. The van der Waals surface area contributed by atoms with Crippen LogP contribution in [0.25, 0.3) is 0 Å². The molecule has 0 aromatic rings. The molecule has 2 N–H and O–H groups in total. The maximum atomic E-state index is 9.21. The van der Waals surface area contributed by atoms with Crippen LogP contribution in [0.5, 0.6) is 0 Å². The van der Waals surface area contributed by atoms with Gasteiger partial charge < -0.3 is 15.2 Å². The lowest BCUT2D eigenvalue weighted by Gasteiger charge is -2.28. The summed E-state index contributed by atoms with van der Waals surface area (Å²) < 4.78 is 5.94. The first-order valence-corrected chi connectivity index (χ1v) is 5.34. The molecule has 1 heterocycles. The number of aliphatic hydroxyl groups is 1. The summed E-state index contributed by atoms with van der Waals surface area (Å²) >= 11 is 0. The van der Waals surface area contributed by atoms with Crippen LogP contribution in [-0.2, 0) is 4.74 Å². The van der Waals surface area contributed by atoms with Crippen molar-refractivity contribution < 1.29 is 9.84 Å². The third-order valence-corrected chi connectivity index (χ3v) is 2.73. The third-order valence-electron chi connectivity index (χ3n) is 2.73. The van der Waals surface area contributed by atoms with E-state index in [1.807, 2.05) is 0 Å². The van der Waals surface area contributed by atoms with Gasteiger partial charge in [-0.25, -0.2) is 0 Å². The van der Waals surface area contributed by atoms with E-state index < -0.39 is 0 Å². The molecule has 1 unspecified atom stereocenters. The zero-order valence-corrected chi connectivity index (χ0v) is 9.92. The van der Waals surface area contributed by atoms with Crippen LogP contribution in [0.1, 0.15) is 41.0 Å². The molecule has 0 spiro atoms. The van der Waals surface area contributed by atoms with Crippen molar-refractivity contribution in [3.63, 3.8) is 0 Å². The van der Waals surface area contributed by atoms with Crippen molar-refractivity contribution in [2.75, 3.05) is 6.54 Å². The minimum absolute atomic E-state index is 0.0557. The second-order valence-corrected chi connectivity index (χ2v) is 5.48. The maximum Gasteiger partial charge on any atom is 0.0787 e. The minimum Gasteiger partial charge on any atom is -0.392 e. The molecule has 0 saturated carbocycles. The van der Waals surface area contributed by atoms with E-state index in [1.54, 1.807) is 6.92 Å². The van der Waals surface area contributed by atoms with E-state index in [9.17, 15) is 5.11 Å². The highest BCUT2D eigenvalue weighted by Crippen LogP contribution is 2.37. The number of nitrogens with one attached hydrogen (secondary N) is 1. The van der Waals surface area contributed by atoms with Crippen molar-refractivity contribution in [3.05, 3.63) is 0 Å². The maximum absolute atomic E-state index is 9.21. The Morgan fingerprint density at radius 2 is 2.00 bits per heavy atom. The average molecular weight is 201 g/mol. The molecule has 3 heteroatoms. The van der Waals surface area contributed by atoms with Crippen LogP contribution < -0.4 is 5.32 Å². The largest absolute Gasteiger partial charge is 0.392 e. The number of ether oxygens (including phenoxy) is 1. The summed E-state index contributed by atoms with van der Waals surface area (Å²) in [6, 6.07) is 0.326. The van der Waals surface area contributed by atoms with Crippen molar-refractivity contribution in [1.29, 1.82) is 0 Å². The van der Waals surface area contributed by atoms with Gasteiger partial charge in [-0.2, -0.15) is 0 Å². The lowest BCUT2D eigenvalue weighted by molar-refractivity contribution is -0.0701. The van der Waals surface area contributed by atoms with E-state index in [0.29, 0.717) is 12.6 Å². The van der Waals surface area contributed by atoms with Gasteiger partial charge in [-0.3, -0.25) is 0 Å². The normalized spacial score (nSPS) is 31.7. The number of hydrogen-bond donors (Lipinski definition) is 2. The van der Waals surface area contributed by atoms with E-state index in [2.05, 4.69) is 33.0 Å². The van der Waals surface area contributed by atoms with Crippen molar-refractivity contribution in [2.45, 2.75) is 64.4 Å². The van der Waals surface area contributed by atoms with Crippen molar-refractivity contribution in [3.8, 4) is 0 Å². The van der Waals surface area contributed by atoms with Gasteiger partial charge in [0, 0.05) is 12.6 Å². The molecule has 0 aromatic carbocycles. The van der Waals surface area contributed by atoms with Gasteiger partial charge in [-0.15, -0.1) is 0 Å². The van der Waals surface area contributed by atoms with Crippen LogP contribution >= 0.6 is 0 Å². The Morgan fingerprint density at radius 3 is 2.36 bits per heavy atom. The standard InChI is InChI=1S/C11H23NO2/c1-8(13)7-12-9-6-10(2,3)14-11(9,4)5/h8-9,12-13H,6-7H2,1-5H3/t8-,9?/m0/s1. The number of aliphatic hydroxyl groups excluding tert-OH is 1. The SMILES string of the molecule is C[C@H](O)CNC1CC(C)(C)OC1(C)C. The van der Waals surface area contributed by atoms with Crippen LogP contribution in [0.3, 0.4) is 0 Å². The summed E-state index contributed by atoms with van der Waals surface area (Å²) in [4.78, 5) is 0. The van der Waals surface area contributed by atoms with E-state index in [0.717, 1.165) is 6.42 Å². The molecule has 84 valence electrons. The minimum atomic E-state index is -0.297. The molecule has 1 fully saturated rings. The van der Waals surface area contributed by atoms with Gasteiger partial charge in [0.1, 0.15) is 0 Å². The lowest BCUT2D eigenvalue weighted by Crippen LogP contribution is -2.45. The van der Waals surface area contributed by atoms with Crippen molar-refractivity contribution >= 4 is 0 Å². The molecule has 1 rings (SSSR count). The first-order chi connectivity index (χ1) is 6.23. The molecule has 0 aromatic heterocycles. The second kappa shape index (κ2) is 3.80. The second-order valence-electron chi connectivity index (χ2n) is 5.48. The highest BCUT2D eigenvalue weighted by Gasteiger charge is 2.45. The Hall–Kier alpha value is -0.120. The van der Waals surface area contributed by atoms with Gasteiger partial charge >= 0.3 is 0 Å². The fourth-order valence-electron chi connectivity index (χ4n) is 2.19. The van der Waals surface area contributed by atoms with Crippen molar-refractivity contribution in [1.82, 2.24) is 5.32 Å². The Labute approximate surface area is 86.8 Å². The topological polar surface area (TPSA) is 41.5 Å². The van der Waals surface area contributed by atoms with Gasteiger partial charge in [0.05, 0.1) is 17.3 Å². The quantitative estimate of drug-likeness (QED) is 0.723. The first-order valence-electron chi connectivity index (χ1n) is 5.34. The molecule has 2 atom stereocenters. The molecular weight excluding hydrogens is 178 g/mol.